The van der Waals surface area contributed by atoms with Gasteiger partial charge in [-0.1, -0.05) is 0 Å². The highest BCUT2D eigenvalue weighted by Gasteiger charge is 2.06. The van der Waals surface area contributed by atoms with Crippen molar-refractivity contribution in [1.82, 2.24) is 4.98 Å². The maximum Gasteiger partial charge on any atom is 0.181 e. The van der Waals surface area contributed by atoms with Gasteiger partial charge in [-0.2, -0.15) is 0 Å². The van der Waals surface area contributed by atoms with Gasteiger partial charge in [-0.05, 0) is 12.1 Å². The second-order valence-corrected chi connectivity index (χ2v) is 2.58. The van der Waals surface area contributed by atoms with Crippen LogP contribution in [0, 0.1) is 0 Å². The Morgan fingerprint density at radius 2 is 2.08 bits per heavy atom. The van der Waals surface area contributed by atoms with Crippen LogP contribution in [0.3, 0.4) is 0 Å². The number of benzene rings is 1. The van der Waals surface area contributed by atoms with E-state index in [4.69, 9.17) is 9.52 Å². The Morgan fingerprint density at radius 3 is 2.69 bits per heavy atom. The first-order valence-corrected chi connectivity index (χ1v) is 3.68. The smallest absolute Gasteiger partial charge is 0.181 e. The third kappa shape index (κ3) is 1.33. The van der Waals surface area contributed by atoms with E-state index in [0.29, 0.717) is 11.3 Å². The molecule has 66 valence electrons. The highest BCUT2D eigenvalue weighted by Crippen LogP contribution is 2.30. The predicted octanol–water partition coefficient (Wildman–Crippen LogP) is 1.75. The summed E-state index contributed by atoms with van der Waals surface area (Å²) < 4.78 is 4.77. The summed E-state index contributed by atoms with van der Waals surface area (Å²) in [5.41, 5.74) is 1.07. The lowest BCUT2D eigenvalue weighted by molar-refractivity contribution is 0.451. The number of hydrogen-bond donors (Lipinski definition) is 2. The van der Waals surface area contributed by atoms with Crippen LogP contribution < -0.4 is 0 Å². The minimum atomic E-state index is -0.0195. The quantitative estimate of drug-likeness (QED) is 0.696. The zero-order valence-electron chi connectivity index (χ0n) is 6.64. The summed E-state index contributed by atoms with van der Waals surface area (Å²) in [5.74, 6) is -0.00125. The van der Waals surface area contributed by atoms with E-state index >= 15 is 0 Å². The summed E-state index contributed by atoms with van der Waals surface area (Å²) in [5, 5.41) is 18.5. The number of nitrogens with zero attached hydrogens (tertiary/aromatic N) is 1. The van der Waals surface area contributed by atoms with E-state index in [1.165, 1.54) is 24.8 Å². The van der Waals surface area contributed by atoms with Crippen molar-refractivity contribution < 1.29 is 14.6 Å². The molecule has 0 fully saturated rings. The fourth-order valence-corrected chi connectivity index (χ4v) is 1.08. The molecule has 0 radical (unpaired) electrons. The molecule has 0 aliphatic heterocycles. The molecule has 0 aliphatic carbocycles. The molecule has 0 saturated carbocycles. The van der Waals surface area contributed by atoms with Crippen molar-refractivity contribution >= 4 is 0 Å². The standard InChI is InChI=1S/C9H7NO3/c11-6-1-2-7(9(12)3-6)8-4-13-5-10-8/h1-5,11-12H. The van der Waals surface area contributed by atoms with Gasteiger partial charge in [0, 0.05) is 11.6 Å². The summed E-state index contributed by atoms with van der Waals surface area (Å²) in [7, 11) is 0. The molecule has 2 rings (SSSR count). The summed E-state index contributed by atoms with van der Waals surface area (Å²) in [6, 6.07) is 4.30. The predicted molar refractivity (Wildman–Crippen MR) is 45.3 cm³/mol. The number of oxazole rings is 1. The number of phenolic OH excluding ortho intramolecular Hbond substituents is 2. The van der Waals surface area contributed by atoms with Crippen molar-refractivity contribution in [3.63, 3.8) is 0 Å². The van der Waals surface area contributed by atoms with Crippen LogP contribution in [0.5, 0.6) is 11.5 Å². The number of aromatic hydroxyl groups is 2. The topological polar surface area (TPSA) is 66.5 Å². The molecule has 0 saturated heterocycles. The molecule has 0 bridgehead atoms. The van der Waals surface area contributed by atoms with E-state index < -0.39 is 0 Å². The number of aromatic nitrogens is 1. The van der Waals surface area contributed by atoms with Crippen LogP contribution >= 0.6 is 0 Å². The maximum atomic E-state index is 9.42. The lowest BCUT2D eigenvalue weighted by atomic mass is 10.1. The van der Waals surface area contributed by atoms with Gasteiger partial charge >= 0.3 is 0 Å². The molecular formula is C9H7NO3. The van der Waals surface area contributed by atoms with Crippen molar-refractivity contribution in [2.75, 3.05) is 0 Å². The molecule has 13 heavy (non-hydrogen) atoms. The third-order valence-corrected chi connectivity index (χ3v) is 1.69. The Bertz CT molecular complexity index is 409. The van der Waals surface area contributed by atoms with Gasteiger partial charge in [0.1, 0.15) is 23.5 Å². The lowest BCUT2D eigenvalue weighted by Gasteiger charge is -2.00. The van der Waals surface area contributed by atoms with Crippen LogP contribution in [0.1, 0.15) is 0 Å². The number of hydrogen-bond acceptors (Lipinski definition) is 4. The van der Waals surface area contributed by atoms with E-state index in [0.717, 1.165) is 0 Å². The third-order valence-electron chi connectivity index (χ3n) is 1.69. The van der Waals surface area contributed by atoms with Gasteiger partial charge in [-0.25, -0.2) is 4.98 Å². The molecule has 0 unspecified atom stereocenters. The first-order valence-electron chi connectivity index (χ1n) is 3.68. The first-order chi connectivity index (χ1) is 6.27. The molecule has 4 heteroatoms. The van der Waals surface area contributed by atoms with Crippen LogP contribution in [0.15, 0.2) is 35.3 Å². The minimum absolute atomic E-state index is 0.0183. The van der Waals surface area contributed by atoms with Gasteiger partial charge in [0.15, 0.2) is 6.39 Å². The molecular weight excluding hydrogens is 170 g/mol. The zero-order chi connectivity index (χ0) is 9.26. The Kier molecular flexibility index (Phi) is 1.66. The first kappa shape index (κ1) is 7.67. The van der Waals surface area contributed by atoms with Gasteiger partial charge in [-0.15, -0.1) is 0 Å². The van der Waals surface area contributed by atoms with Gasteiger partial charge in [0.25, 0.3) is 0 Å². The molecule has 1 heterocycles. The lowest BCUT2D eigenvalue weighted by Crippen LogP contribution is -1.77. The summed E-state index contributed by atoms with van der Waals surface area (Å²) >= 11 is 0. The minimum Gasteiger partial charge on any atom is -0.508 e. The van der Waals surface area contributed by atoms with Crippen LogP contribution in [0.25, 0.3) is 11.3 Å². The molecule has 1 aromatic heterocycles. The normalized spacial score (nSPS) is 10.2. The zero-order valence-corrected chi connectivity index (χ0v) is 6.64. The van der Waals surface area contributed by atoms with Crippen LogP contribution in [0.2, 0.25) is 0 Å². The van der Waals surface area contributed by atoms with E-state index in [1.54, 1.807) is 6.07 Å². The highest BCUT2D eigenvalue weighted by atomic mass is 16.3. The fraction of sp³-hybridized carbons (Fsp3) is 0. The molecule has 0 spiro atoms. The fourth-order valence-electron chi connectivity index (χ4n) is 1.08. The van der Waals surface area contributed by atoms with Crippen molar-refractivity contribution in [3.8, 4) is 22.8 Å². The maximum absolute atomic E-state index is 9.42. The molecule has 0 atom stereocenters. The van der Waals surface area contributed by atoms with Crippen LogP contribution in [0.4, 0.5) is 0 Å². The largest absolute Gasteiger partial charge is 0.508 e. The molecule has 4 nitrogen and oxygen atoms in total. The number of phenols is 2. The SMILES string of the molecule is Oc1ccc(-c2cocn2)c(O)c1. The second kappa shape index (κ2) is 2.82. The Hall–Kier alpha value is -1.97. The van der Waals surface area contributed by atoms with E-state index in [-0.39, 0.29) is 11.5 Å². The van der Waals surface area contributed by atoms with E-state index in [1.807, 2.05) is 0 Å². The van der Waals surface area contributed by atoms with Gasteiger partial charge in [0.2, 0.25) is 0 Å². The van der Waals surface area contributed by atoms with Gasteiger partial charge in [-0.3, -0.25) is 0 Å². The van der Waals surface area contributed by atoms with Crippen molar-refractivity contribution in [1.29, 1.82) is 0 Å². The van der Waals surface area contributed by atoms with E-state index in [9.17, 15) is 5.11 Å². The average molecular weight is 177 g/mol. The summed E-state index contributed by atoms with van der Waals surface area (Å²) in [4.78, 5) is 3.87. The van der Waals surface area contributed by atoms with Crippen molar-refractivity contribution in [2.45, 2.75) is 0 Å². The Balaban J connectivity index is 2.53. The van der Waals surface area contributed by atoms with Gasteiger partial charge in [0.05, 0.1) is 0 Å². The summed E-state index contributed by atoms with van der Waals surface area (Å²) in [6.45, 7) is 0. The molecule has 2 N–H and O–H groups in total. The molecule has 1 aromatic carbocycles. The molecule has 0 aliphatic rings. The summed E-state index contributed by atoms with van der Waals surface area (Å²) in [6.07, 6.45) is 2.70. The molecule has 2 aromatic rings. The average Bonchev–Trinajstić information content (AvgIpc) is 2.56. The van der Waals surface area contributed by atoms with Gasteiger partial charge < -0.3 is 14.6 Å². The van der Waals surface area contributed by atoms with E-state index in [2.05, 4.69) is 4.98 Å². The highest BCUT2D eigenvalue weighted by molar-refractivity contribution is 5.66. The molecule has 0 amide bonds. The Morgan fingerprint density at radius 1 is 1.23 bits per heavy atom. The Labute approximate surface area is 74.1 Å². The number of rotatable bonds is 1. The second-order valence-electron chi connectivity index (χ2n) is 2.58. The van der Waals surface area contributed by atoms with Crippen molar-refractivity contribution in [3.05, 3.63) is 30.9 Å². The van der Waals surface area contributed by atoms with Crippen LogP contribution in [-0.2, 0) is 0 Å². The van der Waals surface area contributed by atoms with Crippen LogP contribution in [-0.4, -0.2) is 15.2 Å². The van der Waals surface area contributed by atoms with Crippen molar-refractivity contribution in [2.24, 2.45) is 0 Å². The monoisotopic (exact) mass is 177 g/mol.